The molecule has 0 aliphatic carbocycles. The molecule has 0 aliphatic rings. The van der Waals surface area contributed by atoms with Crippen LogP contribution in [0.3, 0.4) is 0 Å². The van der Waals surface area contributed by atoms with Gasteiger partial charge in [0.25, 0.3) is 0 Å². The van der Waals surface area contributed by atoms with E-state index in [1.165, 1.54) is 7.11 Å². The van der Waals surface area contributed by atoms with Crippen LogP contribution in [0.4, 0.5) is 0 Å². The zero-order chi connectivity index (χ0) is 10.7. The molecule has 0 spiro atoms. The lowest BCUT2D eigenvalue weighted by Crippen LogP contribution is -2.05. The molecule has 0 fully saturated rings. The average molecular weight is 278 g/mol. The van der Waals surface area contributed by atoms with Crippen LogP contribution < -0.4 is 0 Å². The number of rotatable bonds is 2. The third-order valence-corrected chi connectivity index (χ3v) is 3.54. The molecule has 76 valence electrons. The van der Waals surface area contributed by atoms with Crippen molar-refractivity contribution in [3.8, 4) is 0 Å². The fourth-order valence-corrected chi connectivity index (χ4v) is 1.82. The average Bonchev–Trinajstić information content (AvgIpc) is 2.19. The molecular weight excluding hydrogens is 267 g/mol. The number of hydrogen-bond acceptors (Lipinski definition) is 2. The predicted molar refractivity (Wildman–Crippen MR) is 59.6 cm³/mol. The highest BCUT2D eigenvalue weighted by atomic mass is 79.9. The second-order valence-corrected chi connectivity index (χ2v) is 4.09. The van der Waals surface area contributed by atoms with Crippen LogP contribution in [0.1, 0.15) is 11.1 Å². The monoisotopic (exact) mass is 276 g/mol. The number of aryl methyl sites for hydroxylation is 1. The maximum atomic E-state index is 11.0. The van der Waals surface area contributed by atoms with Gasteiger partial charge in [-0.2, -0.15) is 0 Å². The summed E-state index contributed by atoms with van der Waals surface area (Å²) >= 11 is 9.36. The van der Waals surface area contributed by atoms with Crippen LogP contribution in [0.15, 0.2) is 16.6 Å². The van der Waals surface area contributed by atoms with Crippen molar-refractivity contribution in [2.75, 3.05) is 7.11 Å². The molecule has 1 aromatic rings. The van der Waals surface area contributed by atoms with Gasteiger partial charge in [-0.15, -0.1) is 0 Å². The highest BCUT2D eigenvalue weighted by Gasteiger charge is 2.10. The lowest BCUT2D eigenvalue weighted by atomic mass is 10.1. The summed E-state index contributed by atoms with van der Waals surface area (Å²) in [6, 6.07) is 3.74. The summed E-state index contributed by atoms with van der Waals surface area (Å²) in [6.07, 6.45) is 0.233. The van der Waals surface area contributed by atoms with Crippen LogP contribution in [-0.2, 0) is 16.0 Å². The maximum Gasteiger partial charge on any atom is 0.310 e. The van der Waals surface area contributed by atoms with Crippen LogP contribution in [0.5, 0.6) is 0 Å². The smallest absolute Gasteiger partial charge is 0.310 e. The number of carbonyl (C=O) groups excluding carboxylic acids is 1. The van der Waals surface area contributed by atoms with Crippen LogP contribution in [0, 0.1) is 6.92 Å². The number of ether oxygens (including phenoxy) is 1. The fraction of sp³-hybridized carbons (Fsp3) is 0.300. The van der Waals surface area contributed by atoms with E-state index in [1.54, 1.807) is 0 Å². The molecule has 0 radical (unpaired) electrons. The van der Waals surface area contributed by atoms with E-state index >= 15 is 0 Å². The molecule has 1 rings (SSSR count). The second kappa shape index (κ2) is 4.80. The Labute approximate surface area is 96.3 Å². The minimum Gasteiger partial charge on any atom is -0.469 e. The van der Waals surface area contributed by atoms with Crippen molar-refractivity contribution in [3.05, 3.63) is 32.8 Å². The zero-order valence-corrected chi connectivity index (χ0v) is 10.3. The minimum absolute atomic E-state index is 0.233. The quantitative estimate of drug-likeness (QED) is 0.776. The number of hydrogen-bond donors (Lipinski definition) is 0. The first-order valence-electron chi connectivity index (χ1n) is 4.06. The van der Waals surface area contributed by atoms with Gasteiger partial charge in [0.05, 0.1) is 18.6 Å². The van der Waals surface area contributed by atoms with E-state index in [2.05, 4.69) is 20.7 Å². The Morgan fingerprint density at radius 1 is 1.57 bits per heavy atom. The summed E-state index contributed by atoms with van der Waals surface area (Å²) in [7, 11) is 1.37. The van der Waals surface area contributed by atoms with E-state index in [0.717, 1.165) is 15.6 Å². The van der Waals surface area contributed by atoms with Gasteiger partial charge in [0.2, 0.25) is 0 Å². The first-order chi connectivity index (χ1) is 6.56. The van der Waals surface area contributed by atoms with E-state index in [1.807, 2.05) is 19.1 Å². The molecule has 0 saturated heterocycles. The van der Waals surface area contributed by atoms with Gasteiger partial charge in [-0.3, -0.25) is 4.79 Å². The number of benzene rings is 1. The molecule has 4 heteroatoms. The van der Waals surface area contributed by atoms with E-state index in [-0.39, 0.29) is 12.4 Å². The van der Waals surface area contributed by atoms with E-state index in [4.69, 9.17) is 11.6 Å². The van der Waals surface area contributed by atoms with Gasteiger partial charge >= 0.3 is 5.97 Å². The molecule has 0 amide bonds. The van der Waals surface area contributed by atoms with E-state index in [9.17, 15) is 4.79 Å². The summed E-state index contributed by atoms with van der Waals surface area (Å²) in [5, 5.41) is 0.645. The maximum absolute atomic E-state index is 11.0. The first kappa shape index (κ1) is 11.5. The molecular formula is C10H10BrClO2. The normalized spacial score (nSPS) is 10.0. The molecule has 2 nitrogen and oxygen atoms in total. The van der Waals surface area contributed by atoms with Gasteiger partial charge in [-0.1, -0.05) is 23.7 Å². The summed E-state index contributed by atoms with van der Waals surface area (Å²) in [5.74, 6) is -0.273. The number of carbonyl (C=O) groups is 1. The Hall–Kier alpha value is -0.540. The molecule has 0 bridgehead atoms. The highest BCUT2D eigenvalue weighted by Crippen LogP contribution is 2.29. The summed E-state index contributed by atoms with van der Waals surface area (Å²) in [6.45, 7) is 1.91. The van der Waals surface area contributed by atoms with Gasteiger partial charge in [0, 0.05) is 4.47 Å². The Morgan fingerprint density at radius 3 is 2.79 bits per heavy atom. The van der Waals surface area contributed by atoms with Crippen molar-refractivity contribution in [1.29, 1.82) is 0 Å². The minimum atomic E-state index is -0.273. The van der Waals surface area contributed by atoms with E-state index in [0.29, 0.717) is 5.02 Å². The highest BCUT2D eigenvalue weighted by molar-refractivity contribution is 9.10. The standard InChI is InChI=1S/C10H10BrClO2/c1-6-3-4-7(5-8(13)14-2)9(11)10(6)12/h3-4H,5H2,1-2H3. The Kier molecular flexibility index (Phi) is 3.96. The van der Waals surface area contributed by atoms with Crippen molar-refractivity contribution in [2.45, 2.75) is 13.3 Å². The van der Waals surface area contributed by atoms with Gasteiger partial charge in [0.15, 0.2) is 0 Å². The van der Waals surface area contributed by atoms with Gasteiger partial charge < -0.3 is 4.74 Å². The molecule has 0 atom stereocenters. The van der Waals surface area contributed by atoms with Crippen LogP contribution in [-0.4, -0.2) is 13.1 Å². The predicted octanol–water partition coefficient (Wildman–Crippen LogP) is 3.13. The Morgan fingerprint density at radius 2 is 2.21 bits per heavy atom. The molecule has 0 aliphatic heterocycles. The van der Waals surface area contributed by atoms with Crippen molar-refractivity contribution in [1.82, 2.24) is 0 Å². The molecule has 14 heavy (non-hydrogen) atoms. The molecule has 0 saturated carbocycles. The number of esters is 1. The fourth-order valence-electron chi connectivity index (χ4n) is 1.05. The van der Waals surface area contributed by atoms with Crippen molar-refractivity contribution >= 4 is 33.5 Å². The third kappa shape index (κ3) is 2.49. The van der Waals surface area contributed by atoms with Crippen molar-refractivity contribution in [3.63, 3.8) is 0 Å². The van der Waals surface area contributed by atoms with Gasteiger partial charge in [0.1, 0.15) is 0 Å². The van der Waals surface area contributed by atoms with E-state index < -0.39 is 0 Å². The summed E-state index contributed by atoms with van der Waals surface area (Å²) in [5.41, 5.74) is 1.82. The number of methoxy groups -OCH3 is 1. The Balaban J connectivity index is 3.00. The lowest BCUT2D eigenvalue weighted by molar-refractivity contribution is -0.139. The van der Waals surface area contributed by atoms with Crippen LogP contribution >= 0.6 is 27.5 Å². The summed E-state index contributed by atoms with van der Waals surface area (Å²) in [4.78, 5) is 11.0. The Bertz CT molecular complexity index is 363. The largest absolute Gasteiger partial charge is 0.469 e. The van der Waals surface area contributed by atoms with Gasteiger partial charge in [-0.25, -0.2) is 0 Å². The molecule has 0 unspecified atom stereocenters. The summed E-state index contributed by atoms with van der Waals surface area (Å²) < 4.78 is 5.34. The van der Waals surface area contributed by atoms with Gasteiger partial charge in [-0.05, 0) is 34.0 Å². The lowest BCUT2D eigenvalue weighted by Gasteiger charge is -2.06. The molecule has 0 aromatic heterocycles. The zero-order valence-electron chi connectivity index (χ0n) is 7.93. The van der Waals surface area contributed by atoms with Crippen molar-refractivity contribution in [2.24, 2.45) is 0 Å². The van der Waals surface area contributed by atoms with Crippen LogP contribution in [0.25, 0.3) is 0 Å². The number of halogens is 2. The SMILES string of the molecule is COC(=O)Cc1ccc(C)c(Cl)c1Br. The molecule has 0 heterocycles. The second-order valence-electron chi connectivity index (χ2n) is 2.92. The van der Waals surface area contributed by atoms with Crippen molar-refractivity contribution < 1.29 is 9.53 Å². The molecule has 1 aromatic carbocycles. The third-order valence-electron chi connectivity index (χ3n) is 1.92. The topological polar surface area (TPSA) is 26.3 Å². The first-order valence-corrected chi connectivity index (χ1v) is 5.23. The van der Waals surface area contributed by atoms with Crippen LogP contribution in [0.2, 0.25) is 5.02 Å². The molecule has 0 N–H and O–H groups in total.